The number of hydrogen-bond donors (Lipinski definition) is 0. The minimum absolute atomic E-state index is 0.254. The van der Waals surface area contributed by atoms with Crippen molar-refractivity contribution in [3.05, 3.63) is 48.8 Å². The number of piperidine rings is 1. The van der Waals surface area contributed by atoms with Crippen molar-refractivity contribution in [3.8, 4) is 0 Å². The topological polar surface area (TPSA) is 51.0 Å². The second kappa shape index (κ2) is 7.20. The predicted octanol–water partition coefficient (Wildman–Crippen LogP) is 2.15. The average Bonchev–Trinajstić information content (AvgIpc) is 3.07. The molecule has 3 rings (SSSR count). The highest BCUT2D eigenvalue weighted by Gasteiger charge is 2.23. The van der Waals surface area contributed by atoms with Crippen molar-refractivity contribution in [1.82, 2.24) is 19.4 Å². The molecule has 2 aromatic rings. The van der Waals surface area contributed by atoms with E-state index in [9.17, 15) is 4.79 Å². The van der Waals surface area contributed by atoms with Crippen LogP contribution in [0.1, 0.15) is 24.8 Å². The molecule has 1 fully saturated rings. The normalized spacial score (nSPS) is 18.4. The summed E-state index contributed by atoms with van der Waals surface area (Å²) >= 11 is 0. The number of aromatic nitrogens is 3. The molecule has 1 unspecified atom stereocenters. The summed E-state index contributed by atoms with van der Waals surface area (Å²) in [4.78, 5) is 22.6. The number of aryl methyl sites for hydroxylation is 1. The van der Waals surface area contributed by atoms with Gasteiger partial charge in [0, 0.05) is 50.8 Å². The van der Waals surface area contributed by atoms with Crippen molar-refractivity contribution in [2.75, 3.05) is 13.1 Å². The van der Waals surface area contributed by atoms with E-state index in [0.717, 1.165) is 25.9 Å². The van der Waals surface area contributed by atoms with Crippen LogP contribution in [0.25, 0.3) is 0 Å². The summed E-state index contributed by atoms with van der Waals surface area (Å²) in [6, 6.07) is 4.10. The van der Waals surface area contributed by atoms with E-state index >= 15 is 0 Å². The molecule has 1 atom stereocenters. The van der Waals surface area contributed by atoms with Gasteiger partial charge in [-0.25, -0.2) is 4.98 Å². The van der Waals surface area contributed by atoms with Crippen LogP contribution in [0, 0.1) is 5.92 Å². The maximum absolute atomic E-state index is 12.4. The first-order chi connectivity index (χ1) is 10.8. The van der Waals surface area contributed by atoms with Gasteiger partial charge >= 0.3 is 0 Å². The van der Waals surface area contributed by atoms with Crippen LogP contribution >= 0.6 is 0 Å². The minimum atomic E-state index is 0.254. The smallest absolute Gasteiger partial charge is 0.224 e. The Morgan fingerprint density at radius 3 is 3.05 bits per heavy atom. The Hall–Kier alpha value is -2.17. The number of nitrogens with zero attached hydrogens (tertiary/aromatic N) is 4. The van der Waals surface area contributed by atoms with Crippen molar-refractivity contribution in [1.29, 1.82) is 0 Å². The Bertz CT molecular complexity index is 582. The Morgan fingerprint density at radius 1 is 1.32 bits per heavy atom. The molecule has 0 bridgehead atoms. The van der Waals surface area contributed by atoms with Gasteiger partial charge in [0.2, 0.25) is 5.91 Å². The highest BCUT2D eigenvalue weighted by molar-refractivity contribution is 5.76. The molecule has 0 radical (unpaired) electrons. The van der Waals surface area contributed by atoms with E-state index in [-0.39, 0.29) is 5.91 Å². The Kier molecular flexibility index (Phi) is 4.83. The highest BCUT2D eigenvalue weighted by Crippen LogP contribution is 2.21. The number of rotatable bonds is 5. The van der Waals surface area contributed by atoms with Gasteiger partial charge in [-0.1, -0.05) is 6.07 Å². The Labute approximate surface area is 131 Å². The van der Waals surface area contributed by atoms with E-state index in [0.29, 0.717) is 18.9 Å². The summed E-state index contributed by atoms with van der Waals surface area (Å²) in [5.74, 6) is 0.805. The van der Waals surface area contributed by atoms with Crippen molar-refractivity contribution < 1.29 is 4.79 Å². The molecule has 0 N–H and O–H groups in total. The second-order valence-electron chi connectivity index (χ2n) is 5.96. The first kappa shape index (κ1) is 14.8. The van der Waals surface area contributed by atoms with Gasteiger partial charge in [0.15, 0.2) is 0 Å². The van der Waals surface area contributed by atoms with Crippen molar-refractivity contribution in [2.24, 2.45) is 5.92 Å². The summed E-state index contributed by atoms with van der Waals surface area (Å²) < 4.78 is 1.95. The Morgan fingerprint density at radius 2 is 2.27 bits per heavy atom. The summed E-state index contributed by atoms with van der Waals surface area (Å²) in [6.45, 7) is 2.48. The lowest BCUT2D eigenvalue weighted by atomic mass is 9.92. The van der Waals surface area contributed by atoms with E-state index in [1.165, 1.54) is 12.0 Å². The number of likely N-dealkylation sites (tertiary alicyclic amines) is 1. The molecule has 5 nitrogen and oxygen atoms in total. The van der Waals surface area contributed by atoms with E-state index in [1.54, 1.807) is 18.7 Å². The monoisotopic (exact) mass is 298 g/mol. The van der Waals surface area contributed by atoms with Gasteiger partial charge in [-0.05, 0) is 36.8 Å². The Balaban J connectivity index is 1.50. The van der Waals surface area contributed by atoms with Crippen LogP contribution in [0.2, 0.25) is 0 Å². The molecule has 1 amide bonds. The van der Waals surface area contributed by atoms with E-state index in [4.69, 9.17) is 0 Å². The van der Waals surface area contributed by atoms with E-state index in [2.05, 4.69) is 16.0 Å². The third-order valence-electron chi connectivity index (χ3n) is 4.26. The van der Waals surface area contributed by atoms with Crippen molar-refractivity contribution in [3.63, 3.8) is 0 Å². The molecule has 1 aliphatic heterocycles. The minimum Gasteiger partial charge on any atom is -0.342 e. The fraction of sp³-hybridized carbons (Fsp3) is 0.471. The molecular weight excluding hydrogens is 276 g/mol. The van der Waals surface area contributed by atoms with Gasteiger partial charge in [0.25, 0.3) is 0 Å². The van der Waals surface area contributed by atoms with Gasteiger partial charge < -0.3 is 9.47 Å². The maximum atomic E-state index is 12.4. The molecule has 0 spiro atoms. The first-order valence-corrected chi connectivity index (χ1v) is 7.93. The number of pyridine rings is 1. The zero-order chi connectivity index (χ0) is 15.2. The summed E-state index contributed by atoms with van der Waals surface area (Å²) in [7, 11) is 0. The molecule has 116 valence electrons. The summed E-state index contributed by atoms with van der Waals surface area (Å²) in [5.41, 5.74) is 1.26. The van der Waals surface area contributed by atoms with Gasteiger partial charge in [0.05, 0.1) is 6.33 Å². The zero-order valence-electron chi connectivity index (χ0n) is 12.8. The highest BCUT2D eigenvalue weighted by atomic mass is 16.2. The quantitative estimate of drug-likeness (QED) is 0.850. The zero-order valence-corrected chi connectivity index (χ0v) is 12.8. The van der Waals surface area contributed by atoms with Crippen LogP contribution < -0.4 is 0 Å². The summed E-state index contributed by atoms with van der Waals surface area (Å²) in [6.07, 6.45) is 13.0. The van der Waals surface area contributed by atoms with Crippen LogP contribution in [0.5, 0.6) is 0 Å². The summed E-state index contributed by atoms with van der Waals surface area (Å²) in [5, 5.41) is 0. The van der Waals surface area contributed by atoms with Gasteiger partial charge in [0.1, 0.15) is 0 Å². The third kappa shape index (κ3) is 3.93. The van der Waals surface area contributed by atoms with Crippen molar-refractivity contribution >= 4 is 5.91 Å². The van der Waals surface area contributed by atoms with Crippen LogP contribution in [0.15, 0.2) is 43.2 Å². The molecule has 22 heavy (non-hydrogen) atoms. The van der Waals surface area contributed by atoms with Crippen LogP contribution in [-0.2, 0) is 17.8 Å². The lowest BCUT2D eigenvalue weighted by Gasteiger charge is -2.33. The lowest BCUT2D eigenvalue weighted by Crippen LogP contribution is -2.40. The number of carbonyl (C=O) groups is 1. The third-order valence-corrected chi connectivity index (χ3v) is 4.26. The van der Waals surface area contributed by atoms with Gasteiger partial charge in [-0.2, -0.15) is 0 Å². The molecule has 3 heterocycles. The van der Waals surface area contributed by atoms with Crippen LogP contribution in [0.3, 0.4) is 0 Å². The number of imidazole rings is 1. The van der Waals surface area contributed by atoms with Gasteiger partial charge in [-0.3, -0.25) is 9.78 Å². The molecule has 0 saturated carbocycles. The molecule has 1 saturated heterocycles. The number of hydrogen-bond acceptors (Lipinski definition) is 3. The molecule has 2 aromatic heterocycles. The lowest BCUT2D eigenvalue weighted by molar-refractivity contribution is -0.133. The van der Waals surface area contributed by atoms with E-state index in [1.807, 2.05) is 27.9 Å². The standard InChI is InChI=1S/C17H22N4O/c22-17(5-9-20-10-7-19-14-20)21-8-2-4-16(13-21)11-15-3-1-6-18-12-15/h1,3,6-7,10,12,14,16H,2,4-5,8-9,11,13H2. The number of amides is 1. The van der Waals surface area contributed by atoms with Crippen LogP contribution in [0.4, 0.5) is 0 Å². The largest absolute Gasteiger partial charge is 0.342 e. The second-order valence-corrected chi connectivity index (χ2v) is 5.96. The molecule has 5 heteroatoms. The fourth-order valence-corrected chi connectivity index (χ4v) is 3.11. The molecule has 0 aliphatic carbocycles. The first-order valence-electron chi connectivity index (χ1n) is 7.93. The number of carbonyl (C=O) groups excluding carboxylic acids is 1. The maximum Gasteiger partial charge on any atom is 0.224 e. The molecule has 0 aromatic carbocycles. The van der Waals surface area contributed by atoms with Crippen LogP contribution in [-0.4, -0.2) is 38.4 Å². The molecular formula is C17H22N4O. The predicted molar refractivity (Wildman–Crippen MR) is 84.1 cm³/mol. The fourth-order valence-electron chi connectivity index (χ4n) is 3.11. The average molecular weight is 298 g/mol. The SMILES string of the molecule is O=C(CCn1ccnc1)N1CCCC(Cc2cccnc2)C1. The van der Waals surface area contributed by atoms with Crippen molar-refractivity contribution in [2.45, 2.75) is 32.2 Å². The molecule has 1 aliphatic rings. The van der Waals surface area contributed by atoms with E-state index < -0.39 is 0 Å². The van der Waals surface area contributed by atoms with Gasteiger partial charge in [-0.15, -0.1) is 0 Å².